The van der Waals surface area contributed by atoms with Crippen LogP contribution in [0.1, 0.15) is 20.3 Å². The molecule has 0 atom stereocenters. The molecule has 0 fully saturated rings. The Balaban J connectivity index is 3.07. The first-order valence-corrected chi connectivity index (χ1v) is 7.25. The van der Waals surface area contributed by atoms with E-state index in [0.717, 1.165) is 12.1 Å². The third-order valence-electron chi connectivity index (χ3n) is 2.31. The van der Waals surface area contributed by atoms with Crippen molar-refractivity contribution >= 4 is 21.6 Å². The van der Waals surface area contributed by atoms with E-state index in [9.17, 15) is 17.2 Å². The summed E-state index contributed by atoms with van der Waals surface area (Å²) in [5.41, 5.74) is -0.804. The molecule has 1 aromatic carbocycles. The number of halogens is 3. The fourth-order valence-electron chi connectivity index (χ4n) is 1.40. The summed E-state index contributed by atoms with van der Waals surface area (Å²) in [5, 5.41) is 0. The maximum Gasteiger partial charge on any atom is 0.243 e. The topological polar surface area (TPSA) is 46.2 Å². The fraction of sp³-hybridized carbons (Fsp3) is 0.455. The largest absolute Gasteiger partial charge is 0.243 e. The lowest BCUT2D eigenvalue weighted by atomic mass is 10.0. The number of hydrogen-bond donors (Lipinski definition) is 1. The van der Waals surface area contributed by atoms with Gasteiger partial charge >= 0.3 is 0 Å². The summed E-state index contributed by atoms with van der Waals surface area (Å²) in [6.07, 6.45) is 0.386. The van der Waals surface area contributed by atoms with E-state index in [1.807, 2.05) is 0 Å². The lowest BCUT2D eigenvalue weighted by Gasteiger charge is -2.25. The molecule has 0 saturated carbocycles. The molecular formula is C11H14ClF2NO2S. The van der Waals surface area contributed by atoms with Gasteiger partial charge in [-0.1, -0.05) is 0 Å². The second kappa shape index (κ2) is 5.50. The average Bonchev–Trinajstić information content (AvgIpc) is 2.14. The summed E-state index contributed by atoms with van der Waals surface area (Å²) in [6, 6.07) is 2.32. The van der Waals surface area contributed by atoms with E-state index >= 15 is 0 Å². The van der Waals surface area contributed by atoms with E-state index in [1.54, 1.807) is 13.8 Å². The molecule has 0 bridgehead atoms. The van der Waals surface area contributed by atoms with Crippen LogP contribution < -0.4 is 4.72 Å². The van der Waals surface area contributed by atoms with Crippen LogP contribution >= 0.6 is 11.6 Å². The molecule has 0 radical (unpaired) electrons. The standard InChI is InChI=1S/C11H14ClF2NO2S/c1-11(2,5-6-12)15-18(16,17)10-4-3-8(13)7-9(10)14/h3-4,7,15H,5-6H2,1-2H3. The molecule has 0 aliphatic carbocycles. The zero-order chi connectivity index (χ0) is 14.0. The van der Waals surface area contributed by atoms with Gasteiger partial charge in [0.05, 0.1) is 0 Å². The predicted molar refractivity (Wildman–Crippen MR) is 66.1 cm³/mol. The van der Waals surface area contributed by atoms with Crippen molar-refractivity contribution in [2.45, 2.75) is 30.7 Å². The first kappa shape index (κ1) is 15.3. The minimum atomic E-state index is -4.04. The third kappa shape index (κ3) is 3.90. The SMILES string of the molecule is CC(C)(CCCl)NS(=O)(=O)c1ccc(F)cc1F. The van der Waals surface area contributed by atoms with Crippen LogP contribution in [0, 0.1) is 11.6 Å². The van der Waals surface area contributed by atoms with Crippen LogP contribution in [-0.4, -0.2) is 19.8 Å². The van der Waals surface area contributed by atoms with Crippen LogP contribution in [0.4, 0.5) is 8.78 Å². The summed E-state index contributed by atoms with van der Waals surface area (Å²) >= 11 is 5.55. The highest BCUT2D eigenvalue weighted by molar-refractivity contribution is 7.89. The first-order valence-electron chi connectivity index (χ1n) is 5.23. The van der Waals surface area contributed by atoms with E-state index in [2.05, 4.69) is 4.72 Å². The summed E-state index contributed by atoms with van der Waals surface area (Å²) in [5.74, 6) is -1.68. The summed E-state index contributed by atoms with van der Waals surface area (Å²) in [4.78, 5) is -0.577. The summed E-state index contributed by atoms with van der Waals surface area (Å²) in [7, 11) is -4.04. The van der Waals surface area contributed by atoms with E-state index < -0.39 is 32.1 Å². The van der Waals surface area contributed by atoms with Crippen molar-refractivity contribution in [1.82, 2.24) is 4.72 Å². The minimum Gasteiger partial charge on any atom is -0.207 e. The molecule has 0 heterocycles. The normalized spacial score (nSPS) is 12.7. The quantitative estimate of drug-likeness (QED) is 0.849. The van der Waals surface area contributed by atoms with Crippen LogP contribution in [0.25, 0.3) is 0 Å². The number of benzene rings is 1. The molecule has 3 nitrogen and oxygen atoms in total. The fourth-order valence-corrected chi connectivity index (χ4v) is 3.37. The Morgan fingerprint density at radius 3 is 2.44 bits per heavy atom. The Labute approximate surface area is 110 Å². The van der Waals surface area contributed by atoms with Gasteiger partial charge in [-0.25, -0.2) is 21.9 Å². The van der Waals surface area contributed by atoms with Crippen molar-refractivity contribution in [1.29, 1.82) is 0 Å². The highest BCUT2D eigenvalue weighted by Crippen LogP contribution is 2.19. The Hall–Kier alpha value is -0.720. The minimum absolute atomic E-state index is 0.265. The predicted octanol–water partition coefficient (Wildman–Crippen LogP) is 2.65. The van der Waals surface area contributed by atoms with Gasteiger partial charge in [0.2, 0.25) is 10.0 Å². The molecule has 1 N–H and O–H groups in total. The van der Waals surface area contributed by atoms with Crippen LogP contribution in [0.15, 0.2) is 23.1 Å². The number of nitrogens with one attached hydrogen (secondary N) is 1. The number of rotatable bonds is 5. The molecule has 1 aromatic rings. The van der Waals surface area contributed by atoms with Gasteiger partial charge in [-0.05, 0) is 32.4 Å². The van der Waals surface area contributed by atoms with Crippen LogP contribution in [-0.2, 0) is 10.0 Å². The van der Waals surface area contributed by atoms with Crippen LogP contribution in [0.3, 0.4) is 0 Å². The zero-order valence-corrected chi connectivity index (χ0v) is 11.6. The van der Waals surface area contributed by atoms with Gasteiger partial charge in [0.15, 0.2) is 0 Å². The van der Waals surface area contributed by atoms with Crippen molar-refractivity contribution in [3.8, 4) is 0 Å². The Morgan fingerprint density at radius 2 is 1.94 bits per heavy atom. The molecule has 0 saturated heterocycles. The molecule has 1 rings (SSSR count). The van der Waals surface area contributed by atoms with Crippen molar-refractivity contribution in [3.63, 3.8) is 0 Å². The van der Waals surface area contributed by atoms with Crippen molar-refractivity contribution in [2.24, 2.45) is 0 Å². The molecule has 0 aliphatic heterocycles. The van der Waals surface area contributed by atoms with Crippen LogP contribution in [0.5, 0.6) is 0 Å². The highest BCUT2D eigenvalue weighted by Gasteiger charge is 2.27. The van der Waals surface area contributed by atoms with Crippen molar-refractivity contribution in [3.05, 3.63) is 29.8 Å². The smallest absolute Gasteiger partial charge is 0.207 e. The zero-order valence-electron chi connectivity index (χ0n) is 10.0. The van der Waals surface area contributed by atoms with E-state index in [-0.39, 0.29) is 5.88 Å². The Kier molecular flexibility index (Phi) is 4.69. The Morgan fingerprint density at radius 1 is 1.33 bits per heavy atom. The van der Waals surface area contributed by atoms with Crippen molar-refractivity contribution in [2.75, 3.05) is 5.88 Å². The van der Waals surface area contributed by atoms with Gasteiger partial charge in [-0.15, -0.1) is 11.6 Å². The molecule has 0 unspecified atom stereocenters. The van der Waals surface area contributed by atoms with E-state index in [1.165, 1.54) is 0 Å². The second-order valence-electron chi connectivity index (χ2n) is 4.50. The van der Waals surface area contributed by atoms with E-state index in [0.29, 0.717) is 12.5 Å². The lowest BCUT2D eigenvalue weighted by molar-refractivity contribution is 0.439. The molecule has 18 heavy (non-hydrogen) atoms. The monoisotopic (exact) mass is 297 g/mol. The number of sulfonamides is 1. The molecular weight excluding hydrogens is 284 g/mol. The van der Waals surface area contributed by atoms with Crippen LogP contribution in [0.2, 0.25) is 0 Å². The number of alkyl halides is 1. The van der Waals surface area contributed by atoms with Gasteiger partial charge in [0.1, 0.15) is 16.5 Å². The number of hydrogen-bond acceptors (Lipinski definition) is 2. The highest BCUT2D eigenvalue weighted by atomic mass is 35.5. The van der Waals surface area contributed by atoms with Crippen molar-refractivity contribution < 1.29 is 17.2 Å². The maximum absolute atomic E-state index is 13.4. The molecule has 0 spiro atoms. The van der Waals surface area contributed by atoms with Gasteiger partial charge in [0.25, 0.3) is 0 Å². The molecule has 0 aliphatic rings. The average molecular weight is 298 g/mol. The van der Waals surface area contributed by atoms with Gasteiger partial charge < -0.3 is 0 Å². The lowest BCUT2D eigenvalue weighted by Crippen LogP contribution is -2.43. The first-order chi connectivity index (χ1) is 8.18. The second-order valence-corrected chi connectivity index (χ2v) is 6.53. The Bertz CT molecular complexity index is 532. The summed E-state index contributed by atoms with van der Waals surface area (Å²) < 4.78 is 52.4. The summed E-state index contributed by atoms with van der Waals surface area (Å²) in [6.45, 7) is 3.27. The molecule has 0 amide bonds. The maximum atomic E-state index is 13.4. The van der Waals surface area contributed by atoms with Gasteiger partial charge in [-0.3, -0.25) is 0 Å². The van der Waals surface area contributed by atoms with Gasteiger partial charge in [-0.2, -0.15) is 0 Å². The van der Waals surface area contributed by atoms with Gasteiger partial charge in [0, 0.05) is 17.5 Å². The van der Waals surface area contributed by atoms with E-state index in [4.69, 9.17) is 11.6 Å². The molecule has 7 heteroatoms. The molecule has 0 aromatic heterocycles. The molecule has 102 valence electrons. The third-order valence-corrected chi connectivity index (χ3v) is 4.23.